The summed E-state index contributed by atoms with van der Waals surface area (Å²) in [6.07, 6.45) is 10.4. The number of nitrogens with one attached hydrogen (secondary N) is 1. The molecule has 0 fully saturated rings. The molecule has 1 aromatic carbocycles. The highest BCUT2D eigenvalue weighted by Gasteiger charge is 2.18. The van der Waals surface area contributed by atoms with Crippen LogP contribution in [0.2, 0.25) is 0 Å². The van der Waals surface area contributed by atoms with Crippen LogP contribution in [0.15, 0.2) is 36.4 Å². The first-order valence-electron chi connectivity index (χ1n) is 9.50. The molecule has 2 nitrogen and oxygen atoms in total. The molecule has 130 valence electrons. The molecule has 0 saturated carbocycles. The molecule has 2 heterocycles. The number of benzene rings is 1. The zero-order valence-electron chi connectivity index (χ0n) is 14.7. The summed E-state index contributed by atoms with van der Waals surface area (Å²) >= 11 is 0. The van der Waals surface area contributed by atoms with E-state index in [4.69, 9.17) is 4.98 Å². The molecule has 25 heavy (non-hydrogen) atoms. The van der Waals surface area contributed by atoms with Crippen LogP contribution in [0, 0.1) is 5.82 Å². The molecule has 1 aromatic heterocycles. The van der Waals surface area contributed by atoms with Gasteiger partial charge in [-0.15, -0.1) is 0 Å². The lowest BCUT2D eigenvalue weighted by atomic mass is 9.89. The SMILES string of the molecule is Fc1ccc(-c2cc(C3=CCNCC3)nc3c2CCCCCC3)cc1. The first-order valence-corrected chi connectivity index (χ1v) is 9.50. The Balaban J connectivity index is 1.85. The van der Waals surface area contributed by atoms with E-state index in [0.29, 0.717) is 0 Å². The van der Waals surface area contributed by atoms with Crippen molar-refractivity contribution in [3.05, 3.63) is 59.2 Å². The fourth-order valence-electron chi connectivity index (χ4n) is 3.96. The molecule has 4 rings (SSSR count). The Morgan fingerprint density at radius 3 is 2.48 bits per heavy atom. The van der Waals surface area contributed by atoms with Gasteiger partial charge in [-0.2, -0.15) is 0 Å². The van der Waals surface area contributed by atoms with Gasteiger partial charge in [0.15, 0.2) is 0 Å². The quantitative estimate of drug-likeness (QED) is 0.842. The maximum absolute atomic E-state index is 13.4. The van der Waals surface area contributed by atoms with Gasteiger partial charge in [0, 0.05) is 12.2 Å². The molecule has 0 radical (unpaired) electrons. The maximum Gasteiger partial charge on any atom is 0.123 e. The number of hydrogen-bond acceptors (Lipinski definition) is 2. The first kappa shape index (κ1) is 16.5. The Bertz CT molecular complexity index is 777. The molecule has 0 spiro atoms. The van der Waals surface area contributed by atoms with Crippen molar-refractivity contribution in [3.63, 3.8) is 0 Å². The van der Waals surface area contributed by atoms with Crippen molar-refractivity contribution >= 4 is 5.57 Å². The largest absolute Gasteiger partial charge is 0.313 e. The van der Waals surface area contributed by atoms with Crippen molar-refractivity contribution in [2.75, 3.05) is 13.1 Å². The molecule has 2 aromatic rings. The third kappa shape index (κ3) is 3.67. The van der Waals surface area contributed by atoms with Gasteiger partial charge in [0.25, 0.3) is 0 Å². The van der Waals surface area contributed by atoms with Crippen molar-refractivity contribution in [2.45, 2.75) is 44.9 Å². The van der Waals surface area contributed by atoms with Gasteiger partial charge in [-0.1, -0.05) is 31.1 Å². The number of aromatic nitrogens is 1. The van der Waals surface area contributed by atoms with Gasteiger partial charge in [0.05, 0.1) is 5.69 Å². The molecular weight excluding hydrogens is 311 g/mol. The Morgan fingerprint density at radius 1 is 0.920 bits per heavy atom. The fourth-order valence-corrected chi connectivity index (χ4v) is 3.96. The fraction of sp³-hybridized carbons (Fsp3) is 0.409. The molecule has 2 aliphatic rings. The smallest absolute Gasteiger partial charge is 0.123 e. The minimum Gasteiger partial charge on any atom is -0.313 e. The van der Waals surface area contributed by atoms with E-state index >= 15 is 0 Å². The van der Waals surface area contributed by atoms with Crippen molar-refractivity contribution in [1.82, 2.24) is 10.3 Å². The van der Waals surface area contributed by atoms with E-state index in [1.165, 1.54) is 48.1 Å². The van der Waals surface area contributed by atoms with Crippen LogP contribution in [0.5, 0.6) is 0 Å². The van der Waals surface area contributed by atoms with E-state index in [2.05, 4.69) is 17.5 Å². The van der Waals surface area contributed by atoms with Crippen LogP contribution < -0.4 is 5.32 Å². The van der Waals surface area contributed by atoms with E-state index in [1.807, 2.05) is 12.1 Å². The van der Waals surface area contributed by atoms with E-state index in [0.717, 1.165) is 43.6 Å². The molecule has 0 unspecified atom stereocenters. The summed E-state index contributed by atoms with van der Waals surface area (Å²) < 4.78 is 13.4. The van der Waals surface area contributed by atoms with Crippen LogP contribution >= 0.6 is 0 Å². The second kappa shape index (κ2) is 7.49. The zero-order valence-corrected chi connectivity index (χ0v) is 14.7. The summed E-state index contributed by atoms with van der Waals surface area (Å²) in [6, 6.07) is 9.18. The molecule has 1 N–H and O–H groups in total. The van der Waals surface area contributed by atoms with E-state index in [1.54, 1.807) is 12.1 Å². The minimum absolute atomic E-state index is 0.179. The summed E-state index contributed by atoms with van der Waals surface area (Å²) in [4.78, 5) is 5.07. The number of nitrogens with zero attached hydrogens (tertiary/aromatic N) is 1. The lowest BCUT2D eigenvalue weighted by molar-refractivity contribution is 0.608. The lowest BCUT2D eigenvalue weighted by Gasteiger charge is -2.21. The van der Waals surface area contributed by atoms with Gasteiger partial charge >= 0.3 is 0 Å². The topological polar surface area (TPSA) is 24.9 Å². The van der Waals surface area contributed by atoms with Crippen LogP contribution in [0.3, 0.4) is 0 Å². The van der Waals surface area contributed by atoms with Crippen LogP contribution in [0.4, 0.5) is 4.39 Å². The highest BCUT2D eigenvalue weighted by molar-refractivity contribution is 5.74. The number of hydrogen-bond donors (Lipinski definition) is 1. The third-order valence-corrected chi connectivity index (χ3v) is 5.35. The molecule has 3 heteroatoms. The molecule has 1 aliphatic heterocycles. The van der Waals surface area contributed by atoms with E-state index in [-0.39, 0.29) is 5.82 Å². The summed E-state index contributed by atoms with van der Waals surface area (Å²) in [5, 5.41) is 3.37. The Morgan fingerprint density at radius 2 is 1.72 bits per heavy atom. The maximum atomic E-state index is 13.4. The summed E-state index contributed by atoms with van der Waals surface area (Å²) in [7, 11) is 0. The van der Waals surface area contributed by atoms with Crippen molar-refractivity contribution in [2.24, 2.45) is 0 Å². The van der Waals surface area contributed by atoms with Crippen LogP contribution in [-0.2, 0) is 12.8 Å². The monoisotopic (exact) mass is 336 g/mol. The van der Waals surface area contributed by atoms with Gasteiger partial charge in [-0.25, -0.2) is 4.39 Å². The second-order valence-corrected chi connectivity index (χ2v) is 7.08. The minimum atomic E-state index is -0.179. The third-order valence-electron chi connectivity index (χ3n) is 5.35. The molecule has 1 aliphatic carbocycles. The van der Waals surface area contributed by atoms with Gasteiger partial charge in [0.2, 0.25) is 0 Å². The zero-order chi connectivity index (χ0) is 17.1. The normalized spacial score (nSPS) is 18.0. The molecule has 0 amide bonds. The highest BCUT2D eigenvalue weighted by atomic mass is 19.1. The predicted octanol–water partition coefficient (Wildman–Crippen LogP) is 4.92. The Hall–Kier alpha value is -2.00. The number of pyridine rings is 1. The number of fused-ring (bicyclic) bond motifs is 1. The summed E-state index contributed by atoms with van der Waals surface area (Å²) in [5.74, 6) is -0.179. The van der Waals surface area contributed by atoms with Gasteiger partial charge in [-0.05, 0) is 79.1 Å². The lowest BCUT2D eigenvalue weighted by Crippen LogP contribution is -2.20. The molecule has 0 bridgehead atoms. The van der Waals surface area contributed by atoms with Crippen molar-refractivity contribution < 1.29 is 4.39 Å². The number of aryl methyl sites for hydroxylation is 1. The Kier molecular flexibility index (Phi) is 4.93. The molecule has 0 atom stereocenters. The average Bonchev–Trinajstić information content (AvgIpc) is 2.63. The van der Waals surface area contributed by atoms with Gasteiger partial charge in [0.1, 0.15) is 5.82 Å². The van der Waals surface area contributed by atoms with Gasteiger partial charge in [-0.3, -0.25) is 4.98 Å². The summed E-state index contributed by atoms with van der Waals surface area (Å²) in [5.41, 5.74) is 7.45. The highest BCUT2D eigenvalue weighted by Crippen LogP contribution is 2.33. The average molecular weight is 336 g/mol. The van der Waals surface area contributed by atoms with E-state index < -0.39 is 0 Å². The molecular formula is C22H25FN2. The summed E-state index contributed by atoms with van der Waals surface area (Å²) in [6.45, 7) is 1.93. The number of rotatable bonds is 2. The van der Waals surface area contributed by atoms with Crippen LogP contribution in [-0.4, -0.2) is 18.1 Å². The van der Waals surface area contributed by atoms with Gasteiger partial charge < -0.3 is 5.32 Å². The first-order chi connectivity index (χ1) is 12.3. The van der Waals surface area contributed by atoms with Crippen LogP contribution in [0.25, 0.3) is 16.7 Å². The Labute approximate surface area is 149 Å². The van der Waals surface area contributed by atoms with Crippen molar-refractivity contribution in [1.29, 1.82) is 0 Å². The van der Waals surface area contributed by atoms with Crippen LogP contribution in [0.1, 0.15) is 49.1 Å². The van der Waals surface area contributed by atoms with Crippen molar-refractivity contribution in [3.8, 4) is 11.1 Å². The predicted molar refractivity (Wildman–Crippen MR) is 101 cm³/mol. The second-order valence-electron chi connectivity index (χ2n) is 7.08. The molecule has 0 saturated heterocycles. The van der Waals surface area contributed by atoms with E-state index in [9.17, 15) is 4.39 Å². The standard InChI is InChI=1S/C22H25FN2/c23-18-9-7-16(8-10-18)20-15-22(17-11-13-24-14-12-17)25-21-6-4-2-1-3-5-19(20)21/h7-11,15,24H,1-6,12-14H2. The number of halogens is 1.